The molecule has 4 nitrogen and oxygen atoms in total. The van der Waals surface area contributed by atoms with Crippen LogP contribution in [0.4, 0.5) is 0 Å². The zero-order valence-electron chi connectivity index (χ0n) is 7.86. The van der Waals surface area contributed by atoms with Gasteiger partial charge in [-0.2, -0.15) is 0 Å². The number of hydrogen-bond donors (Lipinski definition) is 1. The predicted molar refractivity (Wildman–Crippen MR) is 50.5 cm³/mol. The Bertz CT molecular complexity index is 280. The van der Waals surface area contributed by atoms with Gasteiger partial charge in [0.05, 0.1) is 6.33 Å². The molecule has 4 heteroatoms. The van der Waals surface area contributed by atoms with Crippen LogP contribution in [0.5, 0.6) is 0 Å². The Hall–Kier alpha value is -1.16. The Labute approximate surface area is 77.8 Å². The van der Waals surface area contributed by atoms with E-state index in [-0.39, 0.29) is 5.78 Å². The SMILES string of the molecule is CCCC(=O)c1cn(CCN)cn1. The van der Waals surface area contributed by atoms with Gasteiger partial charge in [0.15, 0.2) is 5.78 Å². The first-order valence-corrected chi connectivity index (χ1v) is 4.53. The van der Waals surface area contributed by atoms with Crippen molar-refractivity contribution in [2.24, 2.45) is 5.73 Å². The van der Waals surface area contributed by atoms with Crippen molar-refractivity contribution < 1.29 is 4.79 Å². The summed E-state index contributed by atoms with van der Waals surface area (Å²) in [5.74, 6) is 0.110. The minimum Gasteiger partial charge on any atom is -0.335 e. The molecule has 0 saturated heterocycles. The molecule has 72 valence electrons. The number of nitrogens with zero attached hydrogens (tertiary/aromatic N) is 2. The number of Topliss-reactive ketones (excluding diaryl/α,β-unsaturated/α-hetero) is 1. The molecule has 0 unspecified atom stereocenters. The summed E-state index contributed by atoms with van der Waals surface area (Å²) in [6.07, 6.45) is 4.84. The van der Waals surface area contributed by atoms with Crippen molar-refractivity contribution in [2.75, 3.05) is 6.54 Å². The Morgan fingerprint density at radius 2 is 2.46 bits per heavy atom. The molecule has 1 heterocycles. The molecule has 2 N–H and O–H groups in total. The van der Waals surface area contributed by atoms with E-state index in [1.54, 1.807) is 12.5 Å². The minimum absolute atomic E-state index is 0.110. The van der Waals surface area contributed by atoms with Crippen molar-refractivity contribution in [3.05, 3.63) is 18.2 Å². The van der Waals surface area contributed by atoms with E-state index in [0.717, 1.165) is 6.42 Å². The van der Waals surface area contributed by atoms with Crippen molar-refractivity contribution in [1.82, 2.24) is 9.55 Å². The van der Waals surface area contributed by atoms with Crippen LogP contribution in [0.15, 0.2) is 12.5 Å². The fourth-order valence-electron chi connectivity index (χ4n) is 1.13. The predicted octanol–water partition coefficient (Wildman–Crippen LogP) is 0.825. The highest BCUT2D eigenvalue weighted by Crippen LogP contribution is 2.02. The highest BCUT2D eigenvalue weighted by atomic mass is 16.1. The maximum absolute atomic E-state index is 11.4. The molecule has 0 atom stereocenters. The van der Waals surface area contributed by atoms with E-state index in [1.165, 1.54) is 0 Å². The molecular formula is C9H15N3O. The summed E-state index contributed by atoms with van der Waals surface area (Å²) in [5.41, 5.74) is 5.92. The Morgan fingerprint density at radius 3 is 3.08 bits per heavy atom. The Morgan fingerprint density at radius 1 is 1.69 bits per heavy atom. The molecule has 0 fully saturated rings. The summed E-state index contributed by atoms with van der Waals surface area (Å²) >= 11 is 0. The second-order valence-electron chi connectivity index (χ2n) is 2.96. The average molecular weight is 181 g/mol. The number of carbonyl (C=O) groups excluding carboxylic acids is 1. The first-order valence-electron chi connectivity index (χ1n) is 4.53. The summed E-state index contributed by atoms with van der Waals surface area (Å²) in [4.78, 5) is 15.4. The molecule has 1 rings (SSSR count). The molecule has 0 bridgehead atoms. The lowest BCUT2D eigenvalue weighted by Crippen LogP contribution is -2.08. The largest absolute Gasteiger partial charge is 0.335 e. The van der Waals surface area contributed by atoms with Crippen LogP contribution >= 0.6 is 0 Å². The van der Waals surface area contributed by atoms with Crippen LogP contribution in [0.3, 0.4) is 0 Å². The maximum atomic E-state index is 11.4. The first-order chi connectivity index (χ1) is 6.27. The molecule has 0 radical (unpaired) electrons. The van der Waals surface area contributed by atoms with Crippen LogP contribution in [0.2, 0.25) is 0 Å². The van der Waals surface area contributed by atoms with Crippen LogP contribution in [0.1, 0.15) is 30.3 Å². The lowest BCUT2D eigenvalue weighted by molar-refractivity contribution is 0.0977. The third kappa shape index (κ3) is 2.66. The highest BCUT2D eigenvalue weighted by Gasteiger charge is 2.07. The van der Waals surface area contributed by atoms with Gasteiger partial charge in [-0.25, -0.2) is 4.98 Å². The van der Waals surface area contributed by atoms with Gasteiger partial charge >= 0.3 is 0 Å². The summed E-state index contributed by atoms with van der Waals surface area (Å²) in [6.45, 7) is 3.26. The lowest BCUT2D eigenvalue weighted by Gasteiger charge is -1.95. The van der Waals surface area contributed by atoms with E-state index in [0.29, 0.717) is 25.2 Å². The topological polar surface area (TPSA) is 60.9 Å². The van der Waals surface area contributed by atoms with Gasteiger partial charge in [0.25, 0.3) is 0 Å². The number of ketones is 1. The third-order valence-corrected chi connectivity index (χ3v) is 1.78. The molecule has 0 aliphatic heterocycles. The number of hydrogen-bond acceptors (Lipinski definition) is 3. The van der Waals surface area contributed by atoms with E-state index >= 15 is 0 Å². The fourth-order valence-corrected chi connectivity index (χ4v) is 1.13. The zero-order valence-corrected chi connectivity index (χ0v) is 7.86. The number of carbonyl (C=O) groups is 1. The second kappa shape index (κ2) is 4.77. The van der Waals surface area contributed by atoms with Gasteiger partial charge in [-0.1, -0.05) is 6.92 Å². The monoisotopic (exact) mass is 181 g/mol. The molecule has 0 aromatic carbocycles. The molecule has 1 aromatic heterocycles. The van der Waals surface area contributed by atoms with Crippen molar-refractivity contribution in [2.45, 2.75) is 26.3 Å². The van der Waals surface area contributed by atoms with Gasteiger partial charge < -0.3 is 10.3 Å². The molecule has 0 amide bonds. The number of imidazole rings is 1. The standard InChI is InChI=1S/C9H15N3O/c1-2-3-9(13)8-6-12(5-4-10)7-11-8/h6-7H,2-5,10H2,1H3. The molecule has 1 aromatic rings. The summed E-state index contributed by atoms with van der Waals surface area (Å²) in [5, 5.41) is 0. The van der Waals surface area contributed by atoms with E-state index in [4.69, 9.17) is 5.73 Å². The second-order valence-corrected chi connectivity index (χ2v) is 2.96. The van der Waals surface area contributed by atoms with E-state index in [2.05, 4.69) is 4.98 Å². The summed E-state index contributed by atoms with van der Waals surface area (Å²) in [6, 6.07) is 0. The first kappa shape index (κ1) is 9.92. The van der Waals surface area contributed by atoms with Crippen molar-refractivity contribution in [3.8, 4) is 0 Å². The Balaban J connectivity index is 2.62. The molecule has 0 aliphatic carbocycles. The van der Waals surface area contributed by atoms with E-state index in [9.17, 15) is 4.79 Å². The fraction of sp³-hybridized carbons (Fsp3) is 0.556. The van der Waals surface area contributed by atoms with Crippen LogP contribution in [0, 0.1) is 0 Å². The quantitative estimate of drug-likeness (QED) is 0.684. The van der Waals surface area contributed by atoms with Crippen LogP contribution in [-0.2, 0) is 6.54 Å². The average Bonchev–Trinajstić information content (AvgIpc) is 2.54. The van der Waals surface area contributed by atoms with Crippen LogP contribution < -0.4 is 5.73 Å². The number of aromatic nitrogens is 2. The molecule has 0 spiro atoms. The molecule has 0 aliphatic rings. The van der Waals surface area contributed by atoms with E-state index in [1.807, 2.05) is 11.5 Å². The van der Waals surface area contributed by atoms with Gasteiger partial charge in [-0.05, 0) is 6.42 Å². The normalized spacial score (nSPS) is 10.3. The van der Waals surface area contributed by atoms with Gasteiger partial charge in [-0.3, -0.25) is 4.79 Å². The highest BCUT2D eigenvalue weighted by molar-refractivity contribution is 5.93. The van der Waals surface area contributed by atoms with Crippen molar-refractivity contribution in [3.63, 3.8) is 0 Å². The zero-order chi connectivity index (χ0) is 9.68. The minimum atomic E-state index is 0.110. The summed E-state index contributed by atoms with van der Waals surface area (Å²) < 4.78 is 1.84. The van der Waals surface area contributed by atoms with Crippen LogP contribution in [0.25, 0.3) is 0 Å². The molecule has 0 saturated carbocycles. The smallest absolute Gasteiger partial charge is 0.182 e. The van der Waals surface area contributed by atoms with Crippen molar-refractivity contribution >= 4 is 5.78 Å². The van der Waals surface area contributed by atoms with Gasteiger partial charge in [0, 0.05) is 25.7 Å². The number of rotatable bonds is 5. The lowest BCUT2D eigenvalue weighted by atomic mass is 10.2. The van der Waals surface area contributed by atoms with Gasteiger partial charge in [-0.15, -0.1) is 0 Å². The molecule has 13 heavy (non-hydrogen) atoms. The molecular weight excluding hydrogens is 166 g/mol. The maximum Gasteiger partial charge on any atom is 0.182 e. The van der Waals surface area contributed by atoms with Crippen molar-refractivity contribution in [1.29, 1.82) is 0 Å². The van der Waals surface area contributed by atoms with Gasteiger partial charge in [0.2, 0.25) is 0 Å². The summed E-state index contributed by atoms with van der Waals surface area (Å²) in [7, 11) is 0. The third-order valence-electron chi connectivity index (χ3n) is 1.78. The van der Waals surface area contributed by atoms with Crippen LogP contribution in [-0.4, -0.2) is 21.9 Å². The number of nitrogens with two attached hydrogens (primary N) is 1. The van der Waals surface area contributed by atoms with E-state index < -0.39 is 0 Å². The Kier molecular flexibility index (Phi) is 3.64. The van der Waals surface area contributed by atoms with Gasteiger partial charge in [0.1, 0.15) is 5.69 Å².